The summed E-state index contributed by atoms with van der Waals surface area (Å²) >= 11 is 0. The molecule has 0 unspecified atom stereocenters. The molecule has 2 N–H and O–H groups in total. The smallest absolute Gasteiger partial charge is 0.112 e. The van der Waals surface area contributed by atoms with Crippen LogP contribution in [-0.2, 0) is 12.0 Å². The molecule has 0 bridgehead atoms. The first-order valence-electron chi connectivity index (χ1n) is 5.40. The van der Waals surface area contributed by atoms with Crippen LogP contribution in [0.1, 0.15) is 50.5 Å². The van der Waals surface area contributed by atoms with E-state index < -0.39 is 0 Å². The Bertz CT molecular complexity index is 300. The monoisotopic (exact) mass is 194 g/mol. The van der Waals surface area contributed by atoms with Crippen molar-refractivity contribution in [2.24, 2.45) is 0 Å². The van der Waals surface area contributed by atoms with Crippen molar-refractivity contribution < 1.29 is 5.11 Å². The number of aliphatic hydroxyl groups is 1. The topological polar surface area (TPSA) is 48.9 Å². The summed E-state index contributed by atoms with van der Waals surface area (Å²) in [5.74, 6) is 1.06. The van der Waals surface area contributed by atoms with Crippen LogP contribution in [0.3, 0.4) is 0 Å². The molecule has 0 saturated heterocycles. The largest absolute Gasteiger partial charge is 0.390 e. The van der Waals surface area contributed by atoms with Gasteiger partial charge in [-0.1, -0.05) is 26.2 Å². The minimum absolute atomic E-state index is 0.0586. The highest BCUT2D eigenvalue weighted by Crippen LogP contribution is 2.37. The van der Waals surface area contributed by atoms with E-state index in [1.165, 1.54) is 32.1 Å². The molecule has 78 valence electrons. The molecule has 2 rings (SSSR count). The van der Waals surface area contributed by atoms with E-state index >= 15 is 0 Å². The summed E-state index contributed by atoms with van der Waals surface area (Å²) in [6.07, 6.45) is 8.12. The third kappa shape index (κ3) is 1.69. The van der Waals surface area contributed by atoms with E-state index in [0.29, 0.717) is 0 Å². The molecule has 0 spiro atoms. The van der Waals surface area contributed by atoms with Gasteiger partial charge in [0.15, 0.2) is 0 Å². The first kappa shape index (κ1) is 9.71. The summed E-state index contributed by atoms with van der Waals surface area (Å²) in [6.45, 7) is 2.33. The molecule has 0 radical (unpaired) electrons. The molecule has 3 heteroatoms. The Kier molecular flexibility index (Phi) is 2.59. The van der Waals surface area contributed by atoms with Gasteiger partial charge in [0.2, 0.25) is 0 Å². The molecule has 3 nitrogen and oxygen atoms in total. The second-order valence-corrected chi connectivity index (χ2v) is 4.54. The Balaban J connectivity index is 2.19. The fourth-order valence-corrected chi connectivity index (χ4v) is 2.32. The first-order chi connectivity index (χ1) is 6.74. The molecule has 14 heavy (non-hydrogen) atoms. The van der Waals surface area contributed by atoms with Crippen LogP contribution in [0.2, 0.25) is 0 Å². The summed E-state index contributed by atoms with van der Waals surface area (Å²) in [7, 11) is 0. The third-order valence-electron chi connectivity index (χ3n) is 3.33. The average molecular weight is 194 g/mol. The second kappa shape index (κ2) is 3.73. The van der Waals surface area contributed by atoms with Gasteiger partial charge in [0.1, 0.15) is 5.82 Å². The maximum atomic E-state index is 8.96. The molecule has 0 atom stereocenters. The van der Waals surface area contributed by atoms with Crippen molar-refractivity contribution in [2.75, 3.05) is 0 Å². The quantitative estimate of drug-likeness (QED) is 0.757. The maximum absolute atomic E-state index is 8.96. The van der Waals surface area contributed by atoms with E-state index in [2.05, 4.69) is 16.9 Å². The molecule has 1 fully saturated rings. The summed E-state index contributed by atoms with van der Waals surface area (Å²) in [5, 5.41) is 8.96. The van der Waals surface area contributed by atoms with Gasteiger partial charge in [-0.15, -0.1) is 0 Å². The van der Waals surface area contributed by atoms with Crippen LogP contribution >= 0.6 is 0 Å². The summed E-state index contributed by atoms with van der Waals surface area (Å²) in [5.41, 5.74) is 1.04. The molecule has 0 aromatic carbocycles. The fraction of sp³-hybridized carbons (Fsp3) is 0.727. The number of imidazole rings is 1. The maximum Gasteiger partial charge on any atom is 0.112 e. The van der Waals surface area contributed by atoms with Crippen molar-refractivity contribution >= 4 is 0 Å². The molecular weight excluding hydrogens is 176 g/mol. The molecule has 1 saturated carbocycles. The van der Waals surface area contributed by atoms with Crippen LogP contribution < -0.4 is 0 Å². The minimum Gasteiger partial charge on any atom is -0.390 e. The summed E-state index contributed by atoms with van der Waals surface area (Å²) < 4.78 is 0. The standard InChI is InChI=1S/C11H18N2O/c1-11(5-3-2-4-6-11)10-12-7-9(8-14)13-10/h7,14H,2-6,8H2,1H3,(H,12,13). The van der Waals surface area contributed by atoms with Crippen molar-refractivity contribution in [1.29, 1.82) is 0 Å². The molecule has 1 aromatic rings. The lowest BCUT2D eigenvalue weighted by atomic mass is 9.75. The summed E-state index contributed by atoms with van der Waals surface area (Å²) in [4.78, 5) is 7.58. The Labute approximate surface area is 84.6 Å². The number of hydrogen-bond acceptors (Lipinski definition) is 2. The Hall–Kier alpha value is -0.830. The lowest BCUT2D eigenvalue weighted by molar-refractivity contribution is 0.274. The predicted molar refractivity (Wildman–Crippen MR) is 54.9 cm³/mol. The minimum atomic E-state index is 0.0586. The van der Waals surface area contributed by atoms with Gasteiger partial charge in [0, 0.05) is 5.41 Å². The highest BCUT2D eigenvalue weighted by atomic mass is 16.3. The molecule has 1 aromatic heterocycles. The first-order valence-corrected chi connectivity index (χ1v) is 5.40. The van der Waals surface area contributed by atoms with Crippen molar-refractivity contribution in [2.45, 2.75) is 51.0 Å². The number of nitrogens with zero attached hydrogens (tertiary/aromatic N) is 1. The number of nitrogens with one attached hydrogen (secondary N) is 1. The van der Waals surface area contributed by atoms with Gasteiger partial charge in [-0.2, -0.15) is 0 Å². The van der Waals surface area contributed by atoms with Crippen LogP contribution in [-0.4, -0.2) is 15.1 Å². The third-order valence-corrected chi connectivity index (χ3v) is 3.33. The highest BCUT2D eigenvalue weighted by molar-refractivity contribution is 5.11. The molecule has 1 heterocycles. The van der Waals surface area contributed by atoms with Gasteiger partial charge in [-0.25, -0.2) is 4.98 Å². The van der Waals surface area contributed by atoms with Crippen molar-refractivity contribution in [3.63, 3.8) is 0 Å². The number of aromatic amines is 1. The van der Waals surface area contributed by atoms with E-state index in [0.717, 1.165) is 11.5 Å². The molecule has 1 aliphatic carbocycles. The van der Waals surface area contributed by atoms with Crippen LogP contribution in [0.25, 0.3) is 0 Å². The Morgan fingerprint density at radius 2 is 2.14 bits per heavy atom. The zero-order valence-corrected chi connectivity index (χ0v) is 8.71. The van der Waals surface area contributed by atoms with E-state index in [4.69, 9.17) is 5.11 Å². The number of hydrogen-bond donors (Lipinski definition) is 2. The van der Waals surface area contributed by atoms with Crippen LogP contribution in [0.5, 0.6) is 0 Å². The zero-order valence-electron chi connectivity index (χ0n) is 8.71. The zero-order chi connectivity index (χ0) is 10.0. The van der Waals surface area contributed by atoms with Crippen LogP contribution in [0.15, 0.2) is 6.20 Å². The number of aliphatic hydroxyl groups excluding tert-OH is 1. The van der Waals surface area contributed by atoms with Crippen molar-refractivity contribution in [3.8, 4) is 0 Å². The lowest BCUT2D eigenvalue weighted by Gasteiger charge is -2.31. The fourth-order valence-electron chi connectivity index (χ4n) is 2.32. The van der Waals surface area contributed by atoms with Gasteiger partial charge in [-0.3, -0.25) is 0 Å². The van der Waals surface area contributed by atoms with Crippen LogP contribution in [0.4, 0.5) is 0 Å². The molecular formula is C11H18N2O. The lowest BCUT2D eigenvalue weighted by Crippen LogP contribution is -2.26. The second-order valence-electron chi connectivity index (χ2n) is 4.54. The number of rotatable bonds is 2. The predicted octanol–water partition coefficient (Wildman–Crippen LogP) is 2.12. The van der Waals surface area contributed by atoms with Gasteiger partial charge in [0.05, 0.1) is 18.5 Å². The normalized spacial score (nSPS) is 21.0. The van der Waals surface area contributed by atoms with E-state index in [1.54, 1.807) is 6.20 Å². The molecule has 0 amide bonds. The highest BCUT2D eigenvalue weighted by Gasteiger charge is 2.31. The van der Waals surface area contributed by atoms with Crippen molar-refractivity contribution in [3.05, 3.63) is 17.7 Å². The number of aromatic nitrogens is 2. The number of H-pyrrole nitrogens is 1. The van der Waals surface area contributed by atoms with Crippen molar-refractivity contribution in [1.82, 2.24) is 9.97 Å². The van der Waals surface area contributed by atoms with Gasteiger partial charge in [0.25, 0.3) is 0 Å². The SMILES string of the molecule is CC1(c2ncc(CO)[nH]2)CCCCC1. The van der Waals surface area contributed by atoms with E-state index in [9.17, 15) is 0 Å². The van der Waals surface area contributed by atoms with E-state index in [-0.39, 0.29) is 12.0 Å². The van der Waals surface area contributed by atoms with Gasteiger partial charge < -0.3 is 10.1 Å². The van der Waals surface area contributed by atoms with Crippen LogP contribution in [0, 0.1) is 0 Å². The average Bonchev–Trinajstić information content (AvgIpc) is 2.67. The van der Waals surface area contributed by atoms with E-state index in [1.807, 2.05) is 0 Å². The Morgan fingerprint density at radius 3 is 2.71 bits per heavy atom. The van der Waals surface area contributed by atoms with Gasteiger partial charge in [-0.05, 0) is 12.8 Å². The van der Waals surface area contributed by atoms with Gasteiger partial charge >= 0.3 is 0 Å². The molecule has 0 aliphatic heterocycles. The Morgan fingerprint density at radius 1 is 1.43 bits per heavy atom. The molecule has 1 aliphatic rings. The summed E-state index contributed by atoms with van der Waals surface area (Å²) in [6, 6.07) is 0.